The molecule has 0 aromatic carbocycles. The van der Waals surface area contributed by atoms with E-state index in [1.807, 2.05) is 0 Å². The van der Waals surface area contributed by atoms with Crippen LogP contribution in [0.15, 0.2) is 0 Å². The zero-order valence-electron chi connectivity index (χ0n) is 14.0. The van der Waals surface area contributed by atoms with Gasteiger partial charge in [-0.15, -0.1) is 0 Å². The van der Waals surface area contributed by atoms with Crippen LogP contribution in [0.25, 0.3) is 0 Å². The second-order valence-electron chi connectivity index (χ2n) is 5.49. The molecule has 0 heterocycles. The molecule has 0 rings (SSSR count). The van der Waals surface area contributed by atoms with Gasteiger partial charge >= 0.3 is 0 Å². The number of unbranched alkanes of at least 4 members (excludes halogenated alkanes) is 7. The fraction of sp³-hybridized carbons (Fsp3) is 0.938. The Balaban J connectivity index is 3.71. The molecular weight excluding hydrogens is 250 g/mol. The summed E-state index contributed by atoms with van der Waals surface area (Å²) in [6.45, 7) is 4.35. The predicted octanol–water partition coefficient (Wildman–Crippen LogP) is 3.64. The van der Waals surface area contributed by atoms with E-state index in [1.165, 1.54) is 56.5 Å². The van der Waals surface area contributed by atoms with Crippen LogP contribution in [0.5, 0.6) is 0 Å². The first-order valence-corrected chi connectivity index (χ1v) is 8.39. The summed E-state index contributed by atoms with van der Waals surface area (Å²) in [5.41, 5.74) is 5.74. The number of hydrogen-bond acceptors (Lipinski definition) is 3. The molecule has 0 fully saturated rings. The second kappa shape index (κ2) is 13.4. The van der Waals surface area contributed by atoms with Gasteiger partial charge in [-0.25, -0.2) is 16.0 Å². The molecule has 0 aliphatic rings. The first-order valence-electron chi connectivity index (χ1n) is 8.39. The van der Waals surface area contributed by atoms with Crippen molar-refractivity contribution in [3.8, 4) is 0 Å². The number of hydrogen-bond donors (Lipinski definition) is 2. The van der Waals surface area contributed by atoms with Crippen LogP contribution >= 0.6 is 0 Å². The lowest BCUT2D eigenvalue weighted by Crippen LogP contribution is -2.50. The summed E-state index contributed by atoms with van der Waals surface area (Å²) >= 11 is 0. The Morgan fingerprint density at radius 3 is 1.85 bits per heavy atom. The third kappa shape index (κ3) is 8.54. The summed E-state index contributed by atoms with van der Waals surface area (Å²) in [6, 6.07) is 0. The molecule has 0 saturated carbocycles. The normalized spacial score (nSPS) is 12.4. The molecule has 120 valence electrons. The summed E-state index contributed by atoms with van der Waals surface area (Å²) in [7, 11) is 3.52. The molecule has 20 heavy (non-hydrogen) atoms. The van der Waals surface area contributed by atoms with Gasteiger partial charge < -0.3 is 0 Å². The SMILES string of the molecule is CCCCCCCCCCC(CC)C(=O)N(NC)NC. The highest BCUT2D eigenvalue weighted by Crippen LogP contribution is 2.17. The summed E-state index contributed by atoms with van der Waals surface area (Å²) in [5.74, 6) is 0.287. The molecule has 0 aliphatic heterocycles. The van der Waals surface area contributed by atoms with Crippen LogP contribution in [-0.4, -0.2) is 25.1 Å². The third-order valence-electron chi connectivity index (χ3n) is 3.92. The van der Waals surface area contributed by atoms with Gasteiger partial charge in [-0.2, -0.15) is 0 Å². The first-order chi connectivity index (χ1) is 9.71. The van der Waals surface area contributed by atoms with E-state index in [1.54, 1.807) is 14.1 Å². The van der Waals surface area contributed by atoms with Gasteiger partial charge in [0.2, 0.25) is 0 Å². The molecule has 4 nitrogen and oxygen atoms in total. The van der Waals surface area contributed by atoms with E-state index < -0.39 is 0 Å². The largest absolute Gasteiger partial charge is 0.272 e. The lowest BCUT2D eigenvalue weighted by molar-refractivity contribution is -0.142. The standard InChI is InChI=1S/C16H35N3O/c1-5-7-8-9-10-11-12-13-14-15(6-2)16(20)19(17-3)18-4/h15,17-18H,5-14H2,1-4H3. The molecule has 1 unspecified atom stereocenters. The quantitative estimate of drug-likeness (QED) is 0.401. The Hall–Kier alpha value is -0.610. The van der Waals surface area contributed by atoms with Crippen LogP contribution in [0.3, 0.4) is 0 Å². The molecule has 1 atom stereocenters. The number of nitrogens with one attached hydrogen (secondary N) is 2. The molecule has 2 N–H and O–H groups in total. The number of nitrogens with zero attached hydrogens (tertiary/aromatic N) is 1. The molecule has 0 aliphatic carbocycles. The molecule has 0 radical (unpaired) electrons. The van der Waals surface area contributed by atoms with Gasteiger partial charge in [0.05, 0.1) is 0 Å². The summed E-state index contributed by atoms with van der Waals surface area (Å²) < 4.78 is 0. The van der Waals surface area contributed by atoms with Gasteiger partial charge in [0.25, 0.3) is 5.91 Å². The predicted molar refractivity (Wildman–Crippen MR) is 86.0 cm³/mol. The maximum atomic E-state index is 12.2. The van der Waals surface area contributed by atoms with Gasteiger partial charge in [0.1, 0.15) is 0 Å². The molecule has 1 amide bonds. The van der Waals surface area contributed by atoms with Crippen molar-refractivity contribution >= 4 is 5.91 Å². The zero-order chi connectivity index (χ0) is 15.2. The van der Waals surface area contributed by atoms with Crippen LogP contribution in [0.2, 0.25) is 0 Å². The molecular formula is C16H35N3O. The van der Waals surface area contributed by atoms with E-state index >= 15 is 0 Å². The van der Waals surface area contributed by atoms with Crippen molar-refractivity contribution in [2.24, 2.45) is 5.92 Å². The highest BCUT2D eigenvalue weighted by molar-refractivity contribution is 5.77. The topological polar surface area (TPSA) is 44.4 Å². The van der Waals surface area contributed by atoms with Crippen molar-refractivity contribution in [3.05, 3.63) is 0 Å². The van der Waals surface area contributed by atoms with Gasteiger partial charge in [0.15, 0.2) is 0 Å². The first kappa shape index (κ1) is 19.4. The number of carbonyl (C=O) groups is 1. The average Bonchev–Trinajstić information content (AvgIpc) is 2.47. The number of carbonyl (C=O) groups excluding carboxylic acids is 1. The van der Waals surface area contributed by atoms with E-state index in [0.29, 0.717) is 0 Å². The monoisotopic (exact) mass is 285 g/mol. The Morgan fingerprint density at radius 1 is 0.900 bits per heavy atom. The lowest BCUT2D eigenvalue weighted by atomic mass is 9.97. The van der Waals surface area contributed by atoms with Crippen LogP contribution in [0.1, 0.15) is 78.1 Å². The number of amides is 1. The van der Waals surface area contributed by atoms with E-state index in [0.717, 1.165) is 12.8 Å². The van der Waals surface area contributed by atoms with Crippen molar-refractivity contribution < 1.29 is 4.79 Å². The van der Waals surface area contributed by atoms with E-state index in [-0.39, 0.29) is 11.8 Å². The number of rotatable bonds is 13. The van der Waals surface area contributed by atoms with Gasteiger partial charge in [0, 0.05) is 20.0 Å². The summed E-state index contributed by atoms with van der Waals surface area (Å²) in [6.07, 6.45) is 12.4. The van der Waals surface area contributed by atoms with Crippen LogP contribution in [0, 0.1) is 5.92 Å². The summed E-state index contributed by atoms with van der Waals surface area (Å²) in [5, 5.41) is 1.49. The minimum Gasteiger partial charge on any atom is -0.272 e. The smallest absolute Gasteiger partial charge is 0.254 e. The molecule has 0 bridgehead atoms. The fourth-order valence-corrected chi connectivity index (χ4v) is 2.54. The fourth-order valence-electron chi connectivity index (χ4n) is 2.54. The Labute approximate surface area is 125 Å². The Bertz CT molecular complexity index is 230. The molecule has 0 spiro atoms. The number of hydrazine groups is 2. The van der Waals surface area contributed by atoms with Gasteiger partial charge in [-0.3, -0.25) is 4.79 Å². The highest BCUT2D eigenvalue weighted by atomic mass is 16.2. The van der Waals surface area contributed by atoms with Crippen LogP contribution < -0.4 is 10.9 Å². The molecule has 0 aromatic rings. The Kier molecular flexibility index (Phi) is 13.0. The summed E-state index contributed by atoms with van der Waals surface area (Å²) in [4.78, 5) is 12.2. The minimum absolute atomic E-state index is 0.134. The lowest BCUT2D eigenvalue weighted by Gasteiger charge is -2.24. The van der Waals surface area contributed by atoms with Gasteiger partial charge in [-0.05, 0) is 12.8 Å². The zero-order valence-corrected chi connectivity index (χ0v) is 14.0. The van der Waals surface area contributed by atoms with E-state index in [9.17, 15) is 4.79 Å². The highest BCUT2D eigenvalue weighted by Gasteiger charge is 2.20. The maximum absolute atomic E-state index is 12.2. The molecule has 0 aromatic heterocycles. The van der Waals surface area contributed by atoms with Gasteiger partial charge in [-0.1, -0.05) is 65.2 Å². The van der Waals surface area contributed by atoms with E-state index in [4.69, 9.17) is 0 Å². The molecule has 0 saturated heterocycles. The average molecular weight is 285 g/mol. The van der Waals surface area contributed by atoms with Crippen molar-refractivity contribution in [2.75, 3.05) is 14.1 Å². The minimum atomic E-state index is 0.134. The van der Waals surface area contributed by atoms with E-state index in [2.05, 4.69) is 24.7 Å². The Morgan fingerprint density at radius 2 is 1.40 bits per heavy atom. The second-order valence-corrected chi connectivity index (χ2v) is 5.49. The van der Waals surface area contributed by atoms with Crippen molar-refractivity contribution in [1.82, 2.24) is 16.0 Å². The third-order valence-corrected chi connectivity index (χ3v) is 3.92. The maximum Gasteiger partial charge on any atom is 0.254 e. The van der Waals surface area contributed by atoms with Crippen molar-refractivity contribution in [3.63, 3.8) is 0 Å². The van der Waals surface area contributed by atoms with Crippen LogP contribution in [-0.2, 0) is 4.79 Å². The van der Waals surface area contributed by atoms with Crippen molar-refractivity contribution in [1.29, 1.82) is 0 Å². The van der Waals surface area contributed by atoms with Crippen molar-refractivity contribution in [2.45, 2.75) is 78.1 Å². The van der Waals surface area contributed by atoms with Crippen LogP contribution in [0.4, 0.5) is 0 Å². The molecule has 4 heteroatoms.